The van der Waals surface area contributed by atoms with Gasteiger partial charge >= 0.3 is 0 Å². The summed E-state index contributed by atoms with van der Waals surface area (Å²) in [6.45, 7) is 2.34. The van der Waals surface area contributed by atoms with Gasteiger partial charge in [-0.15, -0.1) is 0 Å². The first-order valence-electron chi connectivity index (χ1n) is 3.86. The first kappa shape index (κ1) is 6.58. The Labute approximate surface area is 60.4 Å². The van der Waals surface area contributed by atoms with Gasteiger partial charge in [-0.1, -0.05) is 0 Å². The highest BCUT2D eigenvalue weighted by atomic mass is 16.5. The molecule has 0 bridgehead atoms. The summed E-state index contributed by atoms with van der Waals surface area (Å²) in [4.78, 5) is 0. The Kier molecular flexibility index (Phi) is 1.44. The molecule has 0 aromatic heterocycles. The summed E-state index contributed by atoms with van der Waals surface area (Å²) in [6.07, 6.45) is 1.83. The molecule has 2 fully saturated rings. The van der Waals surface area contributed by atoms with Crippen molar-refractivity contribution in [1.82, 2.24) is 5.32 Å². The van der Waals surface area contributed by atoms with Crippen molar-refractivity contribution in [2.24, 2.45) is 0 Å². The lowest BCUT2D eigenvalue weighted by atomic mass is 9.97. The van der Waals surface area contributed by atoms with E-state index in [2.05, 4.69) is 5.32 Å². The molecule has 2 aliphatic heterocycles. The van der Waals surface area contributed by atoms with E-state index in [1.54, 1.807) is 0 Å². The van der Waals surface area contributed by atoms with Crippen molar-refractivity contribution in [2.75, 3.05) is 19.7 Å². The summed E-state index contributed by atoms with van der Waals surface area (Å²) in [7, 11) is 0. The Morgan fingerprint density at radius 1 is 1.60 bits per heavy atom. The van der Waals surface area contributed by atoms with E-state index >= 15 is 0 Å². The summed E-state index contributed by atoms with van der Waals surface area (Å²) in [6, 6.07) is 0. The molecule has 3 nitrogen and oxygen atoms in total. The highest BCUT2D eigenvalue weighted by molar-refractivity contribution is 4.99. The van der Waals surface area contributed by atoms with Gasteiger partial charge in [0.05, 0.1) is 6.10 Å². The Bertz CT molecular complexity index is 126. The maximum Gasteiger partial charge on any atom is 0.108 e. The summed E-state index contributed by atoms with van der Waals surface area (Å²) in [5.41, 5.74) is -0.208. The summed E-state index contributed by atoms with van der Waals surface area (Å²) < 4.78 is 5.50. The molecule has 2 unspecified atom stereocenters. The fourth-order valence-corrected chi connectivity index (χ4v) is 1.85. The standard InChI is InChI=1S/C7H13NO2/c9-6-4-8-5-7(6)2-1-3-10-7/h6,8-9H,1-5H2. The third-order valence-corrected chi connectivity index (χ3v) is 2.50. The number of nitrogens with one attached hydrogen (secondary N) is 1. The molecule has 10 heavy (non-hydrogen) atoms. The van der Waals surface area contributed by atoms with Crippen LogP contribution in [-0.4, -0.2) is 36.5 Å². The van der Waals surface area contributed by atoms with Crippen molar-refractivity contribution in [2.45, 2.75) is 24.5 Å². The molecule has 1 spiro atoms. The van der Waals surface area contributed by atoms with E-state index in [1.165, 1.54) is 0 Å². The quantitative estimate of drug-likeness (QED) is 0.480. The molecule has 0 radical (unpaired) electrons. The lowest BCUT2D eigenvalue weighted by Crippen LogP contribution is -2.40. The van der Waals surface area contributed by atoms with Crippen molar-refractivity contribution >= 4 is 0 Å². The molecular formula is C7H13NO2. The molecule has 2 heterocycles. The Hall–Kier alpha value is -0.120. The molecule has 2 rings (SSSR count). The van der Waals surface area contributed by atoms with Crippen LogP contribution >= 0.6 is 0 Å². The number of hydrogen-bond donors (Lipinski definition) is 2. The minimum atomic E-state index is -0.282. The number of aliphatic hydroxyl groups excluding tert-OH is 1. The van der Waals surface area contributed by atoms with E-state index in [0.717, 1.165) is 26.0 Å². The van der Waals surface area contributed by atoms with Gasteiger partial charge in [0.1, 0.15) is 5.60 Å². The van der Waals surface area contributed by atoms with E-state index in [4.69, 9.17) is 4.74 Å². The first-order chi connectivity index (χ1) is 4.83. The number of aliphatic hydroxyl groups is 1. The molecule has 3 heteroatoms. The topological polar surface area (TPSA) is 41.5 Å². The zero-order valence-corrected chi connectivity index (χ0v) is 5.97. The summed E-state index contributed by atoms with van der Waals surface area (Å²) >= 11 is 0. The highest BCUT2D eigenvalue weighted by Gasteiger charge is 2.45. The smallest absolute Gasteiger partial charge is 0.108 e. The molecular weight excluding hydrogens is 130 g/mol. The summed E-state index contributed by atoms with van der Waals surface area (Å²) in [5.74, 6) is 0. The van der Waals surface area contributed by atoms with Gasteiger partial charge in [0.2, 0.25) is 0 Å². The van der Waals surface area contributed by atoms with Gasteiger partial charge in [-0.2, -0.15) is 0 Å². The third-order valence-electron chi connectivity index (χ3n) is 2.50. The Balaban J connectivity index is 2.11. The van der Waals surface area contributed by atoms with Crippen LogP contribution in [0, 0.1) is 0 Å². The van der Waals surface area contributed by atoms with Crippen LogP contribution in [0.2, 0.25) is 0 Å². The van der Waals surface area contributed by atoms with Gasteiger partial charge in [0, 0.05) is 19.7 Å². The van der Waals surface area contributed by atoms with Crippen molar-refractivity contribution < 1.29 is 9.84 Å². The van der Waals surface area contributed by atoms with E-state index in [1.807, 2.05) is 0 Å². The maximum absolute atomic E-state index is 9.49. The molecule has 58 valence electrons. The van der Waals surface area contributed by atoms with Gasteiger partial charge in [0.15, 0.2) is 0 Å². The molecule has 2 saturated heterocycles. The van der Waals surface area contributed by atoms with Crippen LogP contribution in [0.25, 0.3) is 0 Å². The number of rotatable bonds is 0. The number of β-amino-alcohol motifs (C(OH)–C–C–N with tert-alkyl or cyclic N) is 1. The monoisotopic (exact) mass is 143 g/mol. The van der Waals surface area contributed by atoms with Crippen molar-refractivity contribution in [3.63, 3.8) is 0 Å². The fourth-order valence-electron chi connectivity index (χ4n) is 1.85. The average Bonchev–Trinajstić information content (AvgIpc) is 2.48. The van der Waals surface area contributed by atoms with E-state index in [-0.39, 0.29) is 11.7 Å². The van der Waals surface area contributed by atoms with Crippen LogP contribution in [0.5, 0.6) is 0 Å². The minimum absolute atomic E-state index is 0.208. The third kappa shape index (κ3) is 0.779. The van der Waals surface area contributed by atoms with Gasteiger partial charge in [0.25, 0.3) is 0 Å². The average molecular weight is 143 g/mol. The zero-order chi connectivity index (χ0) is 7.03. The molecule has 0 aromatic carbocycles. The van der Waals surface area contributed by atoms with Gasteiger partial charge < -0.3 is 15.2 Å². The van der Waals surface area contributed by atoms with E-state index < -0.39 is 0 Å². The zero-order valence-electron chi connectivity index (χ0n) is 5.97. The SMILES string of the molecule is OC1CNCC12CCCO2. The molecule has 0 amide bonds. The second-order valence-corrected chi connectivity index (χ2v) is 3.16. The highest BCUT2D eigenvalue weighted by Crippen LogP contribution is 2.31. The van der Waals surface area contributed by atoms with Gasteiger partial charge in [-0.25, -0.2) is 0 Å². The van der Waals surface area contributed by atoms with E-state index in [0.29, 0.717) is 6.54 Å². The fraction of sp³-hybridized carbons (Fsp3) is 1.00. The molecule has 2 N–H and O–H groups in total. The van der Waals surface area contributed by atoms with Crippen molar-refractivity contribution in [3.8, 4) is 0 Å². The predicted molar refractivity (Wildman–Crippen MR) is 36.8 cm³/mol. The van der Waals surface area contributed by atoms with Crippen LogP contribution in [-0.2, 0) is 4.74 Å². The van der Waals surface area contributed by atoms with E-state index in [9.17, 15) is 5.11 Å². The second-order valence-electron chi connectivity index (χ2n) is 3.16. The second kappa shape index (κ2) is 2.19. The van der Waals surface area contributed by atoms with Crippen LogP contribution in [0.15, 0.2) is 0 Å². The van der Waals surface area contributed by atoms with Gasteiger partial charge in [-0.3, -0.25) is 0 Å². The molecule has 2 aliphatic rings. The maximum atomic E-state index is 9.49. The van der Waals surface area contributed by atoms with Crippen LogP contribution in [0.3, 0.4) is 0 Å². The lowest BCUT2D eigenvalue weighted by Gasteiger charge is -2.24. The van der Waals surface area contributed by atoms with Crippen LogP contribution in [0.4, 0.5) is 0 Å². The predicted octanol–water partition coefficient (Wildman–Crippen LogP) is -0.500. The van der Waals surface area contributed by atoms with Crippen LogP contribution in [0.1, 0.15) is 12.8 Å². The Morgan fingerprint density at radius 3 is 3.00 bits per heavy atom. The molecule has 2 atom stereocenters. The largest absolute Gasteiger partial charge is 0.389 e. The van der Waals surface area contributed by atoms with Crippen molar-refractivity contribution in [1.29, 1.82) is 0 Å². The normalized spacial score (nSPS) is 47.1. The first-order valence-corrected chi connectivity index (χ1v) is 3.86. The van der Waals surface area contributed by atoms with Crippen LogP contribution < -0.4 is 5.32 Å². The lowest BCUT2D eigenvalue weighted by molar-refractivity contribution is -0.0580. The minimum Gasteiger partial charge on any atom is -0.389 e. The molecule has 0 aliphatic carbocycles. The summed E-state index contributed by atoms with van der Waals surface area (Å²) in [5, 5.41) is 12.6. The Morgan fingerprint density at radius 2 is 2.50 bits per heavy atom. The van der Waals surface area contributed by atoms with Crippen molar-refractivity contribution in [3.05, 3.63) is 0 Å². The number of ether oxygens (including phenoxy) is 1. The molecule has 0 saturated carbocycles. The van der Waals surface area contributed by atoms with Gasteiger partial charge in [-0.05, 0) is 12.8 Å². The molecule has 0 aromatic rings. The number of hydrogen-bond acceptors (Lipinski definition) is 3.